The monoisotopic (exact) mass is 290 g/mol. The van der Waals surface area contributed by atoms with Gasteiger partial charge >= 0.3 is 0 Å². The molecule has 0 spiro atoms. The van der Waals surface area contributed by atoms with Crippen molar-refractivity contribution in [1.82, 2.24) is 15.1 Å². The van der Waals surface area contributed by atoms with E-state index in [0.29, 0.717) is 31.7 Å². The Labute approximate surface area is 124 Å². The summed E-state index contributed by atoms with van der Waals surface area (Å²) in [4.78, 5) is 27.6. The smallest absolute Gasteiger partial charge is 0.253 e. The number of nitrogens with two attached hydrogens (primary N) is 1. The van der Waals surface area contributed by atoms with Crippen LogP contribution >= 0.6 is 0 Å². The summed E-state index contributed by atoms with van der Waals surface area (Å²) in [7, 11) is 1.63. The summed E-state index contributed by atoms with van der Waals surface area (Å²) >= 11 is 0. The molecule has 1 heterocycles. The molecule has 1 aliphatic heterocycles. The van der Waals surface area contributed by atoms with Gasteiger partial charge in [0.1, 0.15) is 0 Å². The number of nitrogens with zero attached hydrogens (tertiary/aromatic N) is 2. The van der Waals surface area contributed by atoms with Gasteiger partial charge in [-0.05, 0) is 17.7 Å². The SMILES string of the molecule is CNC(=O)CN1CCN(C(=O)c2ccc(CN)cc2)CC1. The van der Waals surface area contributed by atoms with E-state index in [-0.39, 0.29) is 11.8 Å². The number of carbonyl (C=O) groups excluding carboxylic acids is 2. The van der Waals surface area contributed by atoms with Crippen LogP contribution in [0.5, 0.6) is 0 Å². The molecular weight excluding hydrogens is 268 g/mol. The van der Waals surface area contributed by atoms with E-state index in [0.717, 1.165) is 18.7 Å². The number of benzene rings is 1. The lowest BCUT2D eigenvalue weighted by atomic mass is 10.1. The van der Waals surface area contributed by atoms with Crippen molar-refractivity contribution in [2.75, 3.05) is 39.8 Å². The van der Waals surface area contributed by atoms with E-state index in [9.17, 15) is 9.59 Å². The van der Waals surface area contributed by atoms with E-state index in [1.165, 1.54) is 0 Å². The van der Waals surface area contributed by atoms with Crippen LogP contribution in [0, 0.1) is 0 Å². The summed E-state index contributed by atoms with van der Waals surface area (Å²) in [5.74, 6) is 0.0466. The molecule has 0 aromatic heterocycles. The van der Waals surface area contributed by atoms with Gasteiger partial charge in [0.05, 0.1) is 6.54 Å². The third-order valence-corrected chi connectivity index (χ3v) is 3.74. The third kappa shape index (κ3) is 4.03. The van der Waals surface area contributed by atoms with Crippen LogP contribution in [0.3, 0.4) is 0 Å². The van der Waals surface area contributed by atoms with Gasteiger partial charge in [-0.1, -0.05) is 12.1 Å². The molecule has 0 saturated carbocycles. The largest absolute Gasteiger partial charge is 0.358 e. The third-order valence-electron chi connectivity index (χ3n) is 3.74. The molecule has 6 heteroatoms. The van der Waals surface area contributed by atoms with Gasteiger partial charge in [-0.15, -0.1) is 0 Å². The fourth-order valence-electron chi connectivity index (χ4n) is 2.36. The molecule has 1 fully saturated rings. The zero-order valence-corrected chi connectivity index (χ0v) is 12.3. The number of nitrogens with one attached hydrogen (secondary N) is 1. The summed E-state index contributed by atoms with van der Waals surface area (Å²) in [5.41, 5.74) is 7.25. The molecule has 0 bridgehead atoms. The predicted molar refractivity (Wildman–Crippen MR) is 80.7 cm³/mol. The molecular formula is C15H22N4O2. The molecule has 114 valence electrons. The van der Waals surface area contributed by atoms with Crippen LogP contribution in [0.15, 0.2) is 24.3 Å². The van der Waals surface area contributed by atoms with Crippen molar-refractivity contribution in [3.8, 4) is 0 Å². The first-order valence-corrected chi connectivity index (χ1v) is 7.15. The lowest BCUT2D eigenvalue weighted by molar-refractivity contribution is -0.122. The van der Waals surface area contributed by atoms with E-state index >= 15 is 0 Å². The van der Waals surface area contributed by atoms with Crippen LogP contribution in [0.1, 0.15) is 15.9 Å². The van der Waals surface area contributed by atoms with Gasteiger partial charge in [0.15, 0.2) is 0 Å². The highest BCUT2D eigenvalue weighted by Crippen LogP contribution is 2.10. The molecule has 1 aliphatic rings. The molecule has 3 N–H and O–H groups in total. The Balaban J connectivity index is 1.89. The Kier molecular flexibility index (Phi) is 5.30. The van der Waals surface area contributed by atoms with E-state index < -0.39 is 0 Å². The maximum atomic E-state index is 12.4. The molecule has 2 rings (SSSR count). The first kappa shape index (κ1) is 15.5. The van der Waals surface area contributed by atoms with Gasteiger partial charge in [-0.3, -0.25) is 14.5 Å². The maximum absolute atomic E-state index is 12.4. The normalized spacial score (nSPS) is 15.8. The average molecular weight is 290 g/mol. The van der Waals surface area contributed by atoms with Gasteiger partial charge < -0.3 is 16.0 Å². The minimum Gasteiger partial charge on any atom is -0.358 e. The first-order valence-electron chi connectivity index (χ1n) is 7.15. The number of likely N-dealkylation sites (N-methyl/N-ethyl adjacent to an activating group) is 1. The van der Waals surface area contributed by atoms with Crippen LogP contribution in [0.4, 0.5) is 0 Å². The summed E-state index contributed by atoms with van der Waals surface area (Å²) in [5, 5.41) is 2.61. The average Bonchev–Trinajstić information content (AvgIpc) is 2.55. The predicted octanol–water partition coefficient (Wildman–Crippen LogP) is -0.351. The molecule has 0 atom stereocenters. The molecule has 0 unspecified atom stereocenters. The number of amides is 2. The van der Waals surface area contributed by atoms with Gasteiger partial charge in [0, 0.05) is 45.3 Å². The highest BCUT2D eigenvalue weighted by molar-refractivity contribution is 5.94. The van der Waals surface area contributed by atoms with Crippen LogP contribution in [-0.2, 0) is 11.3 Å². The van der Waals surface area contributed by atoms with Gasteiger partial charge in [-0.2, -0.15) is 0 Å². The second-order valence-electron chi connectivity index (χ2n) is 5.14. The second-order valence-corrected chi connectivity index (χ2v) is 5.14. The number of carbonyl (C=O) groups is 2. The lowest BCUT2D eigenvalue weighted by Gasteiger charge is -2.34. The Morgan fingerprint density at radius 1 is 1.14 bits per heavy atom. The van der Waals surface area contributed by atoms with Crippen molar-refractivity contribution in [2.24, 2.45) is 5.73 Å². The minimum atomic E-state index is 0.00662. The van der Waals surface area contributed by atoms with Crippen LogP contribution < -0.4 is 11.1 Å². The fraction of sp³-hybridized carbons (Fsp3) is 0.467. The Morgan fingerprint density at radius 3 is 2.29 bits per heavy atom. The Morgan fingerprint density at radius 2 is 1.76 bits per heavy atom. The van der Waals surface area contributed by atoms with Gasteiger partial charge in [0.2, 0.25) is 5.91 Å². The van der Waals surface area contributed by atoms with Crippen molar-refractivity contribution >= 4 is 11.8 Å². The summed E-state index contributed by atoms with van der Waals surface area (Å²) in [6.07, 6.45) is 0. The standard InChI is InChI=1S/C15H22N4O2/c1-17-14(20)11-18-6-8-19(9-7-18)15(21)13-4-2-12(10-16)3-5-13/h2-5H,6-11,16H2,1H3,(H,17,20). The maximum Gasteiger partial charge on any atom is 0.253 e. The minimum absolute atomic E-state index is 0.00662. The molecule has 0 aliphatic carbocycles. The Bertz CT molecular complexity index is 493. The highest BCUT2D eigenvalue weighted by atomic mass is 16.2. The molecule has 21 heavy (non-hydrogen) atoms. The summed E-state index contributed by atoms with van der Waals surface area (Å²) in [6, 6.07) is 7.41. The number of rotatable bonds is 4. The van der Waals surface area contributed by atoms with Crippen molar-refractivity contribution < 1.29 is 9.59 Å². The summed E-state index contributed by atoms with van der Waals surface area (Å²) < 4.78 is 0. The number of hydrogen-bond acceptors (Lipinski definition) is 4. The number of piperazine rings is 1. The highest BCUT2D eigenvalue weighted by Gasteiger charge is 2.22. The van der Waals surface area contributed by atoms with Crippen molar-refractivity contribution in [1.29, 1.82) is 0 Å². The number of hydrogen-bond donors (Lipinski definition) is 2. The molecule has 2 amide bonds. The van der Waals surface area contributed by atoms with Crippen molar-refractivity contribution in [3.63, 3.8) is 0 Å². The molecule has 0 radical (unpaired) electrons. The zero-order chi connectivity index (χ0) is 15.2. The van der Waals surface area contributed by atoms with Crippen molar-refractivity contribution in [2.45, 2.75) is 6.54 Å². The quantitative estimate of drug-likeness (QED) is 0.794. The topological polar surface area (TPSA) is 78.7 Å². The second kappa shape index (κ2) is 7.19. The fourth-order valence-corrected chi connectivity index (χ4v) is 2.36. The summed E-state index contributed by atoms with van der Waals surface area (Å²) in [6.45, 7) is 3.61. The van der Waals surface area contributed by atoms with Crippen LogP contribution in [0.2, 0.25) is 0 Å². The van der Waals surface area contributed by atoms with Crippen LogP contribution in [-0.4, -0.2) is 61.4 Å². The van der Waals surface area contributed by atoms with E-state index in [1.54, 1.807) is 7.05 Å². The van der Waals surface area contributed by atoms with E-state index in [4.69, 9.17) is 5.73 Å². The lowest BCUT2D eigenvalue weighted by Crippen LogP contribution is -2.50. The Hall–Kier alpha value is -1.92. The van der Waals surface area contributed by atoms with E-state index in [2.05, 4.69) is 10.2 Å². The van der Waals surface area contributed by atoms with Crippen molar-refractivity contribution in [3.05, 3.63) is 35.4 Å². The van der Waals surface area contributed by atoms with Crippen LogP contribution in [0.25, 0.3) is 0 Å². The van der Waals surface area contributed by atoms with Gasteiger partial charge in [0.25, 0.3) is 5.91 Å². The zero-order valence-electron chi connectivity index (χ0n) is 12.3. The molecule has 1 aromatic carbocycles. The van der Waals surface area contributed by atoms with E-state index in [1.807, 2.05) is 29.2 Å². The van der Waals surface area contributed by atoms with Gasteiger partial charge in [-0.25, -0.2) is 0 Å². The molecule has 6 nitrogen and oxygen atoms in total. The molecule has 1 aromatic rings. The molecule has 1 saturated heterocycles. The first-order chi connectivity index (χ1) is 10.1.